The molecule has 496 valence electrons. The maximum absolute atomic E-state index is 15.1. The fourth-order valence-corrected chi connectivity index (χ4v) is 10.4. The number of carbonyl (C=O) groups is 2. The SMILES string of the molecule is CC(=O)OCC1OC(OC2C(O)C(CO)OC(Oc3cc(O)c4c(=O)c(OC5OC(COC(=O)C=Cc6ccc(O)c(O)c6)C(O)C(O)C5OC5OC(CO)C(O)C(O)C5O)c(-c5ccc(O)cc5)oc4c3)C2OC2OC(C)C(O)C(O)C2O)C(O)C(O)C1O. The molecule has 0 spiro atoms. The Morgan fingerprint density at radius 3 is 1.66 bits per heavy atom. The number of phenols is 4. The number of esters is 2. The average Bonchev–Trinajstić information content (AvgIpc) is 0.767. The predicted octanol–water partition coefficient (Wildman–Crippen LogP) is -6.02. The number of aliphatic hydroxyl groups is 14. The Morgan fingerprint density at radius 1 is 0.511 bits per heavy atom. The number of aliphatic hydroxyl groups excluding tert-OH is 14. The second-order valence-corrected chi connectivity index (χ2v) is 21.6. The number of ether oxygens (including phenoxy) is 12. The summed E-state index contributed by atoms with van der Waals surface area (Å²) in [5, 5.41) is 193. The van der Waals surface area contributed by atoms with Crippen LogP contribution in [-0.2, 0) is 57.0 Å². The van der Waals surface area contributed by atoms with Crippen molar-refractivity contribution in [1.82, 2.24) is 0 Å². The number of carbonyl (C=O) groups excluding carboxylic acids is 2. The maximum atomic E-state index is 15.1. The van der Waals surface area contributed by atoms with E-state index < -0.39 is 243 Å². The Bertz CT molecular complexity index is 3200. The van der Waals surface area contributed by atoms with Crippen molar-refractivity contribution in [2.75, 3.05) is 26.4 Å². The van der Waals surface area contributed by atoms with Crippen LogP contribution in [0.3, 0.4) is 0 Å². The van der Waals surface area contributed by atoms with E-state index in [0.29, 0.717) is 0 Å². The molecule has 5 aliphatic heterocycles. The summed E-state index contributed by atoms with van der Waals surface area (Å²) in [5.74, 6) is -6.17. The highest BCUT2D eigenvalue weighted by Crippen LogP contribution is 2.41. The van der Waals surface area contributed by atoms with E-state index in [0.717, 1.165) is 49.4 Å². The van der Waals surface area contributed by atoms with Crippen molar-refractivity contribution in [2.45, 2.75) is 167 Å². The molecule has 1 aromatic heterocycles. The highest BCUT2D eigenvalue weighted by Gasteiger charge is 2.56. The van der Waals surface area contributed by atoms with Gasteiger partial charge in [-0.1, -0.05) is 6.07 Å². The molecule has 90 heavy (non-hydrogen) atoms. The largest absolute Gasteiger partial charge is 0.508 e. The fraction of sp³-hybridized carbons (Fsp3) is 0.554. The van der Waals surface area contributed by atoms with Gasteiger partial charge in [-0.25, -0.2) is 4.79 Å². The number of aromatic hydroxyl groups is 4. The van der Waals surface area contributed by atoms with Crippen molar-refractivity contribution in [3.63, 3.8) is 0 Å². The summed E-state index contributed by atoms with van der Waals surface area (Å²) in [4.78, 5) is 39.7. The Balaban J connectivity index is 1.08. The minimum Gasteiger partial charge on any atom is -0.508 e. The van der Waals surface area contributed by atoms with Gasteiger partial charge in [0.05, 0.1) is 19.3 Å². The number of benzene rings is 3. The molecule has 4 aromatic rings. The van der Waals surface area contributed by atoms with Gasteiger partial charge < -0.3 is 153 Å². The molecule has 25 atom stereocenters. The molecule has 6 heterocycles. The Labute approximate surface area is 506 Å². The van der Waals surface area contributed by atoms with Gasteiger partial charge in [-0.3, -0.25) is 9.59 Å². The number of rotatable bonds is 19. The lowest BCUT2D eigenvalue weighted by molar-refractivity contribution is -0.383. The summed E-state index contributed by atoms with van der Waals surface area (Å²) in [6, 6.07) is 10.1. The first kappa shape index (κ1) is 67.9. The summed E-state index contributed by atoms with van der Waals surface area (Å²) >= 11 is 0. The molecule has 5 aliphatic rings. The van der Waals surface area contributed by atoms with E-state index >= 15 is 4.79 Å². The molecule has 0 bridgehead atoms. The lowest BCUT2D eigenvalue weighted by Crippen LogP contribution is -2.67. The molecule has 18 N–H and O–H groups in total. The van der Waals surface area contributed by atoms with Crippen LogP contribution in [0.5, 0.6) is 34.5 Å². The number of hydrogen-bond donors (Lipinski definition) is 18. The van der Waals surface area contributed by atoms with Gasteiger partial charge in [0.2, 0.25) is 23.8 Å². The van der Waals surface area contributed by atoms with Crippen molar-refractivity contribution < 1.29 is 163 Å². The third-order valence-corrected chi connectivity index (χ3v) is 15.4. The normalized spacial score (nSPS) is 37.4. The van der Waals surface area contributed by atoms with Gasteiger partial charge in [0.25, 0.3) is 0 Å². The van der Waals surface area contributed by atoms with E-state index in [-0.39, 0.29) is 16.9 Å². The molecule has 9 rings (SSSR count). The van der Waals surface area contributed by atoms with Crippen molar-refractivity contribution in [1.29, 1.82) is 0 Å². The molecule has 0 saturated carbocycles. The number of phenolic OH excluding ortho intramolecular Hbond substituents is 4. The second kappa shape index (κ2) is 28.5. The zero-order valence-corrected chi connectivity index (χ0v) is 47.2. The highest BCUT2D eigenvalue weighted by molar-refractivity contribution is 5.89. The van der Waals surface area contributed by atoms with Crippen LogP contribution in [0.15, 0.2) is 69.9 Å². The number of fused-ring (bicyclic) bond motifs is 1. The van der Waals surface area contributed by atoms with Crippen molar-refractivity contribution in [3.8, 4) is 45.8 Å². The zero-order valence-electron chi connectivity index (χ0n) is 47.2. The second-order valence-electron chi connectivity index (χ2n) is 21.6. The van der Waals surface area contributed by atoms with E-state index in [1.807, 2.05) is 0 Å². The quantitative estimate of drug-likeness (QED) is 0.0236. The van der Waals surface area contributed by atoms with Gasteiger partial charge in [0.1, 0.15) is 145 Å². The van der Waals surface area contributed by atoms with Gasteiger partial charge in [-0.05, 0) is 55.0 Å². The molecular weight excluding hydrogens is 1220 g/mol. The fourth-order valence-electron chi connectivity index (χ4n) is 10.4. The van der Waals surface area contributed by atoms with E-state index in [1.54, 1.807) is 0 Å². The first-order chi connectivity index (χ1) is 42.7. The third-order valence-electron chi connectivity index (χ3n) is 15.4. The van der Waals surface area contributed by atoms with Crippen LogP contribution < -0.4 is 14.9 Å². The van der Waals surface area contributed by atoms with Crippen molar-refractivity contribution in [2.24, 2.45) is 0 Å². The van der Waals surface area contributed by atoms with Crippen LogP contribution >= 0.6 is 0 Å². The number of hydrogen-bond acceptors (Lipinski definition) is 34. The first-order valence-electron chi connectivity index (χ1n) is 27.8. The lowest BCUT2D eigenvalue weighted by atomic mass is 9.96. The topological polar surface area (TPSA) is 539 Å². The van der Waals surface area contributed by atoms with Gasteiger partial charge in [-0.2, -0.15) is 0 Å². The minimum absolute atomic E-state index is 0.0918. The molecule has 0 amide bonds. The van der Waals surface area contributed by atoms with E-state index in [2.05, 4.69) is 0 Å². The molecule has 0 aliphatic carbocycles. The third kappa shape index (κ3) is 14.4. The Morgan fingerprint density at radius 2 is 1.03 bits per heavy atom. The summed E-state index contributed by atoms with van der Waals surface area (Å²) in [6.07, 6.45) is -46.7. The van der Waals surface area contributed by atoms with Crippen LogP contribution in [0, 0.1) is 0 Å². The Kier molecular flexibility index (Phi) is 21.5. The molecule has 34 heteroatoms. The van der Waals surface area contributed by atoms with Gasteiger partial charge in [0.15, 0.2) is 48.3 Å². The summed E-state index contributed by atoms with van der Waals surface area (Å²) in [5.41, 5.74) is -1.70. The standard InChI is InChI=1S/C56H68O34/c1-18-34(65)40(71)44(75)52(80-18)90-51-48(87-54-46(77)42(73)36(67)30(85-54)16-78-19(2)59)38(69)29(15-58)84-56(51)81-23-12-26(63)33-27(13-23)82-47(21-5-7-22(60)8-6-21)49(39(33)70)88-55-50(89-53-45(76)41(72)35(66)28(14-57)83-53)43(74)37(68)31(86-55)17-79-32(64)10-4-20-3-9-24(61)25(62)11-20/h3-13,18,28-31,34-38,40-46,48,50-58,60-63,65-69,71-77H,14-17H2,1-2H3. The average molecular weight is 1290 g/mol. The summed E-state index contributed by atoms with van der Waals surface area (Å²) < 4.78 is 75.7. The maximum Gasteiger partial charge on any atom is 0.330 e. The van der Waals surface area contributed by atoms with E-state index in [4.69, 9.17) is 61.3 Å². The van der Waals surface area contributed by atoms with Crippen LogP contribution in [-0.4, -0.2) is 284 Å². The monoisotopic (exact) mass is 1280 g/mol. The van der Waals surface area contributed by atoms with Crippen molar-refractivity contribution >= 4 is 29.0 Å². The van der Waals surface area contributed by atoms with E-state index in [1.165, 1.54) is 31.2 Å². The zero-order chi connectivity index (χ0) is 65.3. The summed E-state index contributed by atoms with van der Waals surface area (Å²) in [6.45, 7) is -1.24. The van der Waals surface area contributed by atoms with Gasteiger partial charge >= 0.3 is 11.9 Å². The minimum atomic E-state index is -2.24. The predicted molar refractivity (Wildman–Crippen MR) is 289 cm³/mol. The smallest absolute Gasteiger partial charge is 0.330 e. The molecule has 0 radical (unpaired) electrons. The van der Waals surface area contributed by atoms with Crippen LogP contribution in [0.4, 0.5) is 0 Å². The molecule has 5 saturated heterocycles. The van der Waals surface area contributed by atoms with Crippen LogP contribution in [0.2, 0.25) is 0 Å². The van der Waals surface area contributed by atoms with E-state index in [9.17, 15) is 102 Å². The molecule has 34 nitrogen and oxygen atoms in total. The summed E-state index contributed by atoms with van der Waals surface area (Å²) in [7, 11) is 0. The lowest BCUT2D eigenvalue weighted by Gasteiger charge is -2.48. The molecule has 25 unspecified atom stereocenters. The molecule has 3 aromatic carbocycles. The van der Waals surface area contributed by atoms with Crippen LogP contribution in [0.25, 0.3) is 28.4 Å². The first-order valence-corrected chi connectivity index (χ1v) is 27.8. The molecular formula is C56H68O34. The molecule has 5 fully saturated rings. The highest BCUT2D eigenvalue weighted by atomic mass is 16.8. The van der Waals surface area contributed by atoms with Gasteiger partial charge in [0, 0.05) is 30.7 Å². The van der Waals surface area contributed by atoms with Crippen molar-refractivity contribution in [3.05, 3.63) is 76.5 Å². The Hall–Kier alpha value is -6.53. The van der Waals surface area contributed by atoms with Crippen LogP contribution in [0.1, 0.15) is 19.4 Å². The van der Waals surface area contributed by atoms with Gasteiger partial charge in [-0.15, -0.1) is 0 Å².